The molecule has 0 atom stereocenters. The fourth-order valence-electron chi connectivity index (χ4n) is 1.48. The number of pyridine rings is 1. The van der Waals surface area contributed by atoms with Crippen molar-refractivity contribution in [2.45, 2.75) is 6.92 Å². The van der Waals surface area contributed by atoms with Crippen molar-refractivity contribution in [2.24, 2.45) is 0 Å². The third-order valence-electron chi connectivity index (χ3n) is 2.20. The van der Waals surface area contributed by atoms with Crippen molar-refractivity contribution >= 4 is 17.0 Å². The number of allylic oxidation sites excluding steroid dienone is 1. The first kappa shape index (κ1) is 9.42. The number of rotatable bonds is 1. The summed E-state index contributed by atoms with van der Waals surface area (Å²) in [6.07, 6.45) is 3.27. The zero-order chi connectivity index (χ0) is 10.7. The van der Waals surface area contributed by atoms with Gasteiger partial charge in [-0.25, -0.2) is 0 Å². The molecule has 0 saturated carbocycles. The first-order valence-corrected chi connectivity index (χ1v) is 4.73. The van der Waals surface area contributed by atoms with Gasteiger partial charge < -0.3 is 0 Å². The summed E-state index contributed by atoms with van der Waals surface area (Å²) in [6.45, 7) is 1.98. The van der Waals surface area contributed by atoms with E-state index in [0.29, 0.717) is 0 Å². The van der Waals surface area contributed by atoms with Crippen LogP contribution in [0.5, 0.6) is 0 Å². The molecule has 0 saturated heterocycles. The molecular weight excluding hydrogens is 184 g/mol. The second kappa shape index (κ2) is 3.93. The summed E-state index contributed by atoms with van der Waals surface area (Å²) in [7, 11) is 0. The molecule has 2 aromatic rings. The van der Waals surface area contributed by atoms with Crippen molar-refractivity contribution in [3.63, 3.8) is 0 Å². The topological polar surface area (TPSA) is 36.7 Å². The van der Waals surface area contributed by atoms with Crippen LogP contribution in [0.1, 0.15) is 11.3 Å². The van der Waals surface area contributed by atoms with Gasteiger partial charge in [-0.15, -0.1) is 0 Å². The number of fused-ring (bicyclic) bond motifs is 1. The highest BCUT2D eigenvalue weighted by molar-refractivity contribution is 5.81. The fraction of sp³-hybridized carbons (Fsp3) is 0.0769. The lowest BCUT2D eigenvalue weighted by molar-refractivity contribution is 1.26. The van der Waals surface area contributed by atoms with Gasteiger partial charge in [0.2, 0.25) is 0 Å². The number of benzene rings is 1. The van der Waals surface area contributed by atoms with Gasteiger partial charge in [0.05, 0.1) is 11.6 Å². The summed E-state index contributed by atoms with van der Waals surface area (Å²) in [6, 6.07) is 12.0. The molecule has 1 aromatic carbocycles. The van der Waals surface area contributed by atoms with Crippen LogP contribution in [0.4, 0.5) is 0 Å². The third kappa shape index (κ3) is 2.03. The second-order valence-electron chi connectivity index (χ2n) is 3.37. The Labute approximate surface area is 88.5 Å². The lowest BCUT2D eigenvalue weighted by Crippen LogP contribution is -1.83. The van der Waals surface area contributed by atoms with E-state index >= 15 is 0 Å². The van der Waals surface area contributed by atoms with E-state index in [9.17, 15) is 0 Å². The molecule has 15 heavy (non-hydrogen) atoms. The minimum absolute atomic E-state index is 0.990. The van der Waals surface area contributed by atoms with Crippen LogP contribution in [0.2, 0.25) is 0 Å². The number of aromatic nitrogens is 1. The molecule has 0 spiro atoms. The van der Waals surface area contributed by atoms with Crippen molar-refractivity contribution < 1.29 is 0 Å². The maximum absolute atomic E-state index is 8.43. The van der Waals surface area contributed by atoms with Crippen LogP contribution in [-0.4, -0.2) is 4.98 Å². The summed E-state index contributed by atoms with van der Waals surface area (Å²) in [4.78, 5) is 4.41. The monoisotopic (exact) mass is 194 g/mol. The molecule has 2 nitrogen and oxygen atoms in total. The quantitative estimate of drug-likeness (QED) is 0.654. The van der Waals surface area contributed by atoms with Crippen LogP contribution in [0.25, 0.3) is 17.0 Å². The van der Waals surface area contributed by atoms with Gasteiger partial charge in [-0.3, -0.25) is 4.98 Å². The molecule has 1 aromatic heterocycles. The smallest absolute Gasteiger partial charge is 0.0912 e. The Kier molecular flexibility index (Phi) is 2.47. The molecule has 0 amide bonds. The minimum Gasteiger partial charge on any atom is -0.253 e. The highest BCUT2D eigenvalue weighted by atomic mass is 14.7. The maximum Gasteiger partial charge on any atom is 0.0912 e. The van der Waals surface area contributed by atoms with E-state index in [4.69, 9.17) is 5.26 Å². The van der Waals surface area contributed by atoms with E-state index in [1.54, 1.807) is 6.08 Å². The van der Waals surface area contributed by atoms with Gasteiger partial charge in [0.25, 0.3) is 0 Å². The number of hydrogen-bond donors (Lipinski definition) is 0. The van der Waals surface area contributed by atoms with Gasteiger partial charge in [-0.1, -0.05) is 12.1 Å². The van der Waals surface area contributed by atoms with Crippen molar-refractivity contribution in [3.05, 3.63) is 47.7 Å². The molecule has 72 valence electrons. The third-order valence-corrected chi connectivity index (χ3v) is 2.20. The minimum atomic E-state index is 0.990. The van der Waals surface area contributed by atoms with Gasteiger partial charge >= 0.3 is 0 Å². The zero-order valence-electron chi connectivity index (χ0n) is 8.44. The van der Waals surface area contributed by atoms with E-state index in [1.807, 2.05) is 43.3 Å². The van der Waals surface area contributed by atoms with Gasteiger partial charge in [0, 0.05) is 17.2 Å². The molecule has 0 aliphatic carbocycles. The highest BCUT2D eigenvalue weighted by Gasteiger charge is 1.95. The van der Waals surface area contributed by atoms with E-state index in [2.05, 4.69) is 4.98 Å². The Bertz CT molecular complexity index is 562. The van der Waals surface area contributed by atoms with Gasteiger partial charge in [0.15, 0.2) is 0 Å². The average Bonchev–Trinajstić information content (AvgIpc) is 2.26. The van der Waals surface area contributed by atoms with Crippen LogP contribution in [0.3, 0.4) is 0 Å². The fourth-order valence-corrected chi connectivity index (χ4v) is 1.48. The molecule has 0 aliphatic heterocycles. The maximum atomic E-state index is 8.43. The van der Waals surface area contributed by atoms with E-state index in [-0.39, 0.29) is 0 Å². The summed E-state index contributed by atoms with van der Waals surface area (Å²) in [5, 5.41) is 9.53. The molecule has 0 radical (unpaired) electrons. The van der Waals surface area contributed by atoms with Gasteiger partial charge in [0.1, 0.15) is 0 Å². The van der Waals surface area contributed by atoms with Crippen LogP contribution in [-0.2, 0) is 0 Å². The molecule has 0 N–H and O–H groups in total. The van der Waals surface area contributed by atoms with Gasteiger partial charge in [-0.05, 0) is 36.8 Å². The van der Waals surface area contributed by atoms with Crippen molar-refractivity contribution in [1.82, 2.24) is 4.98 Å². The summed E-state index contributed by atoms with van der Waals surface area (Å²) in [5.41, 5.74) is 3.03. The number of aryl methyl sites for hydroxylation is 1. The zero-order valence-corrected chi connectivity index (χ0v) is 8.44. The normalized spacial score (nSPS) is 10.7. The highest BCUT2D eigenvalue weighted by Crippen LogP contribution is 2.15. The molecule has 0 bridgehead atoms. The van der Waals surface area contributed by atoms with Gasteiger partial charge in [-0.2, -0.15) is 5.26 Å². The Morgan fingerprint density at radius 1 is 1.27 bits per heavy atom. The molecule has 2 heteroatoms. The van der Waals surface area contributed by atoms with Crippen LogP contribution >= 0.6 is 0 Å². The molecular formula is C13H10N2. The van der Waals surface area contributed by atoms with Crippen LogP contribution in [0.15, 0.2) is 36.4 Å². The SMILES string of the molecule is Cc1ccc2cc(/C=C/C#N)ccc2n1. The Hall–Kier alpha value is -2.14. The second-order valence-corrected chi connectivity index (χ2v) is 3.37. The van der Waals surface area contributed by atoms with Crippen molar-refractivity contribution in [1.29, 1.82) is 5.26 Å². The average molecular weight is 194 g/mol. The molecule has 1 heterocycles. The molecule has 2 rings (SSSR count). The predicted octanol–water partition coefficient (Wildman–Crippen LogP) is 3.08. The molecule has 0 aliphatic rings. The molecule has 0 unspecified atom stereocenters. The standard InChI is InChI=1S/C13H10N2/c1-10-4-6-12-9-11(3-2-8-14)5-7-13(12)15-10/h2-7,9H,1H3/b3-2+. The number of nitrogens with zero attached hydrogens (tertiary/aromatic N) is 2. The first-order valence-electron chi connectivity index (χ1n) is 4.73. The van der Waals surface area contributed by atoms with Crippen molar-refractivity contribution in [2.75, 3.05) is 0 Å². The van der Waals surface area contributed by atoms with E-state index < -0.39 is 0 Å². The summed E-state index contributed by atoms with van der Waals surface area (Å²) >= 11 is 0. The Morgan fingerprint density at radius 3 is 2.93 bits per heavy atom. The van der Waals surface area contributed by atoms with Crippen molar-refractivity contribution in [3.8, 4) is 6.07 Å². The first-order chi connectivity index (χ1) is 7.29. The Balaban J connectivity index is 2.53. The number of hydrogen-bond acceptors (Lipinski definition) is 2. The summed E-state index contributed by atoms with van der Waals surface area (Å²) in [5.74, 6) is 0. The van der Waals surface area contributed by atoms with Crippen LogP contribution < -0.4 is 0 Å². The predicted molar refractivity (Wildman–Crippen MR) is 61.1 cm³/mol. The summed E-state index contributed by atoms with van der Waals surface area (Å²) < 4.78 is 0. The number of nitriles is 1. The van der Waals surface area contributed by atoms with E-state index in [0.717, 1.165) is 22.2 Å². The lowest BCUT2D eigenvalue weighted by Gasteiger charge is -1.99. The lowest BCUT2D eigenvalue weighted by atomic mass is 10.1. The largest absolute Gasteiger partial charge is 0.253 e. The van der Waals surface area contributed by atoms with Crippen LogP contribution in [0, 0.1) is 18.3 Å². The molecule has 0 fully saturated rings. The van der Waals surface area contributed by atoms with E-state index in [1.165, 1.54) is 6.08 Å². The Morgan fingerprint density at radius 2 is 2.13 bits per heavy atom.